The minimum atomic E-state index is -0.987. The molecule has 2 atom stereocenters. The predicted octanol–water partition coefficient (Wildman–Crippen LogP) is 1.50. The van der Waals surface area contributed by atoms with Crippen molar-refractivity contribution in [2.75, 3.05) is 7.11 Å². The summed E-state index contributed by atoms with van der Waals surface area (Å²) in [5.41, 5.74) is 1.41. The van der Waals surface area contributed by atoms with E-state index in [1.165, 1.54) is 19.3 Å². The molecule has 1 aromatic rings. The molecule has 0 fully saturated rings. The van der Waals surface area contributed by atoms with E-state index in [2.05, 4.69) is 0 Å². The van der Waals surface area contributed by atoms with Crippen LogP contribution in [0.5, 0.6) is 5.75 Å². The lowest BCUT2D eigenvalue weighted by Crippen LogP contribution is -2.20. The second-order valence-electron chi connectivity index (χ2n) is 4.06. The zero-order valence-electron chi connectivity index (χ0n) is 11.2. The fraction of sp³-hybridized carbons (Fsp3) is 0.333. The summed E-state index contributed by atoms with van der Waals surface area (Å²) in [7, 11) is 1.52. The van der Waals surface area contributed by atoms with Crippen molar-refractivity contribution in [2.45, 2.75) is 25.7 Å². The number of ether oxygens (including phenoxy) is 1. The number of hydrogen-bond acceptors (Lipinski definition) is 4. The van der Waals surface area contributed by atoms with Gasteiger partial charge in [-0.3, -0.25) is 0 Å². The average Bonchev–Trinajstić information content (AvgIpc) is 2.44. The molecular weight excluding hydrogens is 244 g/mol. The summed E-state index contributed by atoms with van der Waals surface area (Å²) in [6.07, 6.45) is 4.41. The third-order valence-electron chi connectivity index (χ3n) is 2.71. The van der Waals surface area contributed by atoms with Gasteiger partial charge >= 0.3 is 0 Å². The Labute approximate surface area is 113 Å². The molecule has 0 bridgehead atoms. The summed E-state index contributed by atoms with van der Waals surface area (Å²) in [6.45, 7) is 1.65. The van der Waals surface area contributed by atoms with Crippen LogP contribution in [0.1, 0.15) is 18.1 Å². The number of para-hydroxylation sites is 1. The van der Waals surface area contributed by atoms with Gasteiger partial charge in [-0.25, -0.2) is 0 Å². The SMILES string of the molecule is C/C=C/C(O)C(O)/C=C/c1cccc(CO)c1OC. The molecule has 0 spiro atoms. The molecule has 2 unspecified atom stereocenters. The zero-order valence-corrected chi connectivity index (χ0v) is 11.2. The van der Waals surface area contributed by atoms with Gasteiger partial charge in [-0.2, -0.15) is 0 Å². The predicted molar refractivity (Wildman–Crippen MR) is 74.8 cm³/mol. The highest BCUT2D eigenvalue weighted by Gasteiger charge is 2.10. The van der Waals surface area contributed by atoms with Crippen molar-refractivity contribution in [3.05, 3.63) is 47.6 Å². The van der Waals surface area contributed by atoms with Crippen molar-refractivity contribution in [1.29, 1.82) is 0 Å². The number of rotatable bonds is 6. The van der Waals surface area contributed by atoms with Gasteiger partial charge in [0.15, 0.2) is 0 Å². The summed E-state index contributed by atoms with van der Waals surface area (Å²) < 4.78 is 5.24. The normalized spacial score (nSPS) is 15.0. The highest BCUT2D eigenvalue weighted by atomic mass is 16.5. The second kappa shape index (κ2) is 7.74. The van der Waals surface area contributed by atoms with Gasteiger partial charge in [-0.1, -0.05) is 42.5 Å². The van der Waals surface area contributed by atoms with Gasteiger partial charge in [0.2, 0.25) is 0 Å². The van der Waals surface area contributed by atoms with Crippen molar-refractivity contribution < 1.29 is 20.1 Å². The zero-order chi connectivity index (χ0) is 14.3. The Hall–Kier alpha value is -1.62. The van der Waals surface area contributed by atoms with E-state index < -0.39 is 12.2 Å². The Morgan fingerprint density at radius 1 is 1.21 bits per heavy atom. The maximum atomic E-state index is 9.72. The maximum absolute atomic E-state index is 9.72. The lowest BCUT2D eigenvalue weighted by atomic mass is 10.1. The molecule has 0 aromatic heterocycles. The van der Waals surface area contributed by atoms with E-state index in [0.717, 1.165) is 5.56 Å². The fourth-order valence-electron chi connectivity index (χ4n) is 1.74. The first kappa shape index (κ1) is 15.4. The molecule has 0 saturated heterocycles. The number of benzene rings is 1. The second-order valence-corrected chi connectivity index (χ2v) is 4.06. The lowest BCUT2D eigenvalue weighted by Gasteiger charge is -2.12. The Kier molecular flexibility index (Phi) is 6.29. The van der Waals surface area contributed by atoms with Gasteiger partial charge in [-0.15, -0.1) is 0 Å². The number of aliphatic hydroxyl groups is 3. The number of aliphatic hydroxyl groups excluding tert-OH is 3. The summed E-state index contributed by atoms with van der Waals surface area (Å²) in [5.74, 6) is 0.564. The van der Waals surface area contributed by atoms with Gasteiger partial charge in [-0.05, 0) is 6.92 Å². The van der Waals surface area contributed by atoms with E-state index in [1.54, 1.807) is 31.2 Å². The average molecular weight is 264 g/mol. The van der Waals surface area contributed by atoms with Gasteiger partial charge in [0.05, 0.1) is 13.7 Å². The molecule has 19 heavy (non-hydrogen) atoms. The summed E-state index contributed by atoms with van der Waals surface area (Å²) in [6, 6.07) is 5.37. The first-order chi connectivity index (χ1) is 9.13. The van der Waals surface area contributed by atoms with Crippen LogP contribution in [0.3, 0.4) is 0 Å². The molecule has 104 valence electrons. The largest absolute Gasteiger partial charge is 0.496 e. The van der Waals surface area contributed by atoms with E-state index >= 15 is 0 Å². The maximum Gasteiger partial charge on any atom is 0.131 e. The summed E-state index contributed by atoms with van der Waals surface area (Å²) in [4.78, 5) is 0. The fourth-order valence-corrected chi connectivity index (χ4v) is 1.74. The van der Waals surface area contributed by atoms with Crippen molar-refractivity contribution in [3.8, 4) is 5.75 Å². The van der Waals surface area contributed by atoms with E-state index in [1.807, 2.05) is 6.07 Å². The van der Waals surface area contributed by atoms with Crippen LogP contribution in [0.4, 0.5) is 0 Å². The standard InChI is InChI=1S/C15H20O4/c1-3-5-13(17)14(18)9-8-11-6-4-7-12(10-16)15(11)19-2/h3-9,13-14,16-18H,10H2,1-2H3/b5-3+,9-8+. The molecular formula is C15H20O4. The Bertz CT molecular complexity index is 451. The number of methoxy groups -OCH3 is 1. The Morgan fingerprint density at radius 3 is 2.47 bits per heavy atom. The van der Waals surface area contributed by atoms with Crippen LogP contribution < -0.4 is 4.74 Å². The molecule has 4 heteroatoms. The molecule has 1 rings (SSSR count). The van der Waals surface area contributed by atoms with Crippen LogP contribution in [0, 0.1) is 0 Å². The number of allylic oxidation sites excluding steroid dienone is 1. The minimum Gasteiger partial charge on any atom is -0.496 e. The van der Waals surface area contributed by atoms with Gasteiger partial charge in [0.1, 0.15) is 18.0 Å². The molecule has 0 heterocycles. The lowest BCUT2D eigenvalue weighted by molar-refractivity contribution is 0.0812. The highest BCUT2D eigenvalue weighted by molar-refractivity contribution is 5.60. The van der Waals surface area contributed by atoms with Crippen LogP contribution >= 0.6 is 0 Å². The molecule has 0 aliphatic carbocycles. The van der Waals surface area contributed by atoms with Crippen molar-refractivity contribution in [1.82, 2.24) is 0 Å². The van der Waals surface area contributed by atoms with E-state index in [-0.39, 0.29) is 6.61 Å². The summed E-state index contributed by atoms with van der Waals surface area (Å²) >= 11 is 0. The van der Waals surface area contributed by atoms with Crippen LogP contribution in [0.25, 0.3) is 6.08 Å². The van der Waals surface area contributed by atoms with Crippen molar-refractivity contribution in [2.24, 2.45) is 0 Å². The van der Waals surface area contributed by atoms with Crippen LogP contribution in [-0.4, -0.2) is 34.6 Å². The Morgan fingerprint density at radius 2 is 1.89 bits per heavy atom. The smallest absolute Gasteiger partial charge is 0.131 e. The number of hydrogen-bond donors (Lipinski definition) is 3. The first-order valence-corrected chi connectivity index (χ1v) is 6.08. The van der Waals surface area contributed by atoms with Crippen LogP contribution in [0.15, 0.2) is 36.4 Å². The van der Waals surface area contributed by atoms with Gasteiger partial charge < -0.3 is 20.1 Å². The molecule has 0 amide bonds. The first-order valence-electron chi connectivity index (χ1n) is 6.08. The molecule has 3 N–H and O–H groups in total. The van der Waals surface area contributed by atoms with E-state index in [0.29, 0.717) is 11.3 Å². The Balaban J connectivity index is 2.93. The van der Waals surface area contributed by atoms with Crippen molar-refractivity contribution >= 4 is 6.08 Å². The molecule has 0 saturated carbocycles. The van der Waals surface area contributed by atoms with Gasteiger partial charge in [0.25, 0.3) is 0 Å². The highest BCUT2D eigenvalue weighted by Crippen LogP contribution is 2.25. The van der Waals surface area contributed by atoms with Crippen molar-refractivity contribution in [3.63, 3.8) is 0 Å². The topological polar surface area (TPSA) is 69.9 Å². The van der Waals surface area contributed by atoms with E-state index in [4.69, 9.17) is 4.74 Å². The molecule has 1 aromatic carbocycles. The third kappa shape index (κ3) is 4.21. The van der Waals surface area contributed by atoms with Gasteiger partial charge in [0, 0.05) is 11.1 Å². The molecule has 0 aliphatic rings. The summed E-state index contributed by atoms with van der Waals surface area (Å²) in [5, 5.41) is 28.5. The monoisotopic (exact) mass is 264 g/mol. The third-order valence-corrected chi connectivity index (χ3v) is 2.71. The molecule has 4 nitrogen and oxygen atoms in total. The minimum absolute atomic E-state index is 0.116. The molecule has 0 aliphatic heterocycles. The quantitative estimate of drug-likeness (QED) is 0.681. The van der Waals surface area contributed by atoms with E-state index in [9.17, 15) is 15.3 Å². The molecule has 0 radical (unpaired) electrons. The van der Waals surface area contributed by atoms with Crippen LogP contribution in [0.2, 0.25) is 0 Å². The van der Waals surface area contributed by atoms with Crippen LogP contribution in [-0.2, 0) is 6.61 Å².